The van der Waals surface area contributed by atoms with Crippen LogP contribution in [0.25, 0.3) is 22.4 Å². The Balaban J connectivity index is 2.16. The van der Waals surface area contributed by atoms with Crippen molar-refractivity contribution in [2.24, 2.45) is 5.16 Å². The molecule has 2 aromatic carbocycles. The number of hydrogen-bond acceptors (Lipinski definition) is 6. The van der Waals surface area contributed by atoms with Gasteiger partial charge in [0.25, 0.3) is 0 Å². The molecule has 0 unspecified atom stereocenters. The fraction of sp³-hybridized carbons (Fsp3) is 0.222. The SMILES string of the molecule is COc1ccc(-c2nc3ccc(/C(C)=N/O)cc3[nH]2)c(OC)c1OC. The molecule has 1 heterocycles. The molecule has 2 N–H and O–H groups in total. The fourth-order valence-electron chi connectivity index (χ4n) is 2.71. The molecule has 0 atom stereocenters. The molecule has 3 rings (SSSR count). The van der Waals surface area contributed by atoms with Crippen LogP contribution in [0.15, 0.2) is 35.5 Å². The third-order valence-electron chi connectivity index (χ3n) is 4.01. The number of H-pyrrole nitrogens is 1. The van der Waals surface area contributed by atoms with Gasteiger partial charge in [0.15, 0.2) is 11.5 Å². The van der Waals surface area contributed by atoms with Gasteiger partial charge in [0.1, 0.15) is 5.82 Å². The van der Waals surface area contributed by atoms with Crippen molar-refractivity contribution in [1.82, 2.24) is 9.97 Å². The number of oxime groups is 1. The first-order valence-corrected chi connectivity index (χ1v) is 7.61. The second kappa shape index (κ2) is 6.72. The number of rotatable bonds is 5. The number of nitrogens with one attached hydrogen (secondary N) is 1. The molecular weight excluding hydrogens is 322 g/mol. The largest absolute Gasteiger partial charge is 0.493 e. The van der Waals surface area contributed by atoms with Crippen molar-refractivity contribution in [2.75, 3.05) is 21.3 Å². The normalized spacial score (nSPS) is 11.6. The predicted octanol–water partition coefficient (Wildman–Crippen LogP) is 3.45. The van der Waals surface area contributed by atoms with Gasteiger partial charge in [0.05, 0.1) is 43.6 Å². The average molecular weight is 341 g/mol. The van der Waals surface area contributed by atoms with Crippen LogP contribution in [0, 0.1) is 0 Å². The van der Waals surface area contributed by atoms with E-state index in [2.05, 4.69) is 15.1 Å². The smallest absolute Gasteiger partial charge is 0.204 e. The van der Waals surface area contributed by atoms with Gasteiger partial charge < -0.3 is 24.4 Å². The van der Waals surface area contributed by atoms with Gasteiger partial charge in [0.2, 0.25) is 5.75 Å². The maximum Gasteiger partial charge on any atom is 0.204 e. The Morgan fingerprint density at radius 2 is 1.80 bits per heavy atom. The van der Waals surface area contributed by atoms with E-state index in [9.17, 15) is 0 Å². The van der Waals surface area contributed by atoms with E-state index in [-0.39, 0.29) is 0 Å². The molecule has 0 saturated heterocycles. The Morgan fingerprint density at radius 1 is 1.04 bits per heavy atom. The quantitative estimate of drug-likeness (QED) is 0.421. The molecule has 7 nitrogen and oxygen atoms in total. The van der Waals surface area contributed by atoms with Crippen LogP contribution in [-0.2, 0) is 0 Å². The van der Waals surface area contributed by atoms with Crippen molar-refractivity contribution in [1.29, 1.82) is 0 Å². The van der Waals surface area contributed by atoms with E-state index in [1.807, 2.05) is 24.3 Å². The highest BCUT2D eigenvalue weighted by atomic mass is 16.5. The number of ether oxygens (including phenoxy) is 3. The molecule has 0 aliphatic rings. The molecule has 130 valence electrons. The van der Waals surface area contributed by atoms with E-state index in [4.69, 9.17) is 19.4 Å². The molecule has 0 spiro atoms. The van der Waals surface area contributed by atoms with E-state index in [1.54, 1.807) is 34.3 Å². The van der Waals surface area contributed by atoms with Crippen molar-refractivity contribution in [3.05, 3.63) is 35.9 Å². The number of aromatic amines is 1. The Hall–Kier alpha value is -3.22. The van der Waals surface area contributed by atoms with Crippen LogP contribution in [0.1, 0.15) is 12.5 Å². The van der Waals surface area contributed by atoms with Crippen LogP contribution >= 0.6 is 0 Å². The molecule has 7 heteroatoms. The van der Waals surface area contributed by atoms with Crippen LogP contribution in [0.3, 0.4) is 0 Å². The zero-order valence-electron chi connectivity index (χ0n) is 14.5. The van der Waals surface area contributed by atoms with Crippen LogP contribution in [0.4, 0.5) is 0 Å². The fourth-order valence-corrected chi connectivity index (χ4v) is 2.71. The first-order chi connectivity index (χ1) is 12.1. The molecule has 0 bridgehead atoms. The molecule has 3 aromatic rings. The molecule has 0 aliphatic heterocycles. The molecule has 0 aliphatic carbocycles. The minimum absolute atomic E-state index is 0.506. The van der Waals surface area contributed by atoms with Gasteiger partial charge in [-0.15, -0.1) is 0 Å². The summed E-state index contributed by atoms with van der Waals surface area (Å²) in [6, 6.07) is 9.27. The second-order valence-corrected chi connectivity index (χ2v) is 5.38. The van der Waals surface area contributed by atoms with Gasteiger partial charge in [-0.05, 0) is 31.2 Å². The first kappa shape index (κ1) is 16.6. The van der Waals surface area contributed by atoms with Crippen LogP contribution < -0.4 is 14.2 Å². The Kier molecular flexibility index (Phi) is 4.47. The average Bonchev–Trinajstić information content (AvgIpc) is 3.08. The number of benzene rings is 2. The maximum atomic E-state index is 8.94. The number of methoxy groups -OCH3 is 3. The summed E-state index contributed by atoms with van der Waals surface area (Å²) in [6.07, 6.45) is 0. The van der Waals surface area contributed by atoms with Gasteiger partial charge in [-0.2, -0.15) is 0 Å². The number of fused-ring (bicyclic) bond motifs is 1. The van der Waals surface area contributed by atoms with Crippen molar-refractivity contribution in [3.63, 3.8) is 0 Å². The minimum Gasteiger partial charge on any atom is -0.493 e. The maximum absolute atomic E-state index is 8.94. The van der Waals surface area contributed by atoms with E-state index < -0.39 is 0 Å². The topological polar surface area (TPSA) is 89.0 Å². The van der Waals surface area contributed by atoms with Crippen molar-refractivity contribution in [3.8, 4) is 28.6 Å². The monoisotopic (exact) mass is 341 g/mol. The summed E-state index contributed by atoms with van der Waals surface area (Å²) in [5.74, 6) is 2.26. The van der Waals surface area contributed by atoms with E-state index >= 15 is 0 Å². The van der Waals surface area contributed by atoms with Crippen molar-refractivity contribution in [2.45, 2.75) is 6.92 Å². The summed E-state index contributed by atoms with van der Waals surface area (Å²) in [5, 5.41) is 12.2. The lowest BCUT2D eigenvalue weighted by Gasteiger charge is -2.14. The zero-order valence-corrected chi connectivity index (χ0v) is 14.5. The van der Waals surface area contributed by atoms with Gasteiger partial charge >= 0.3 is 0 Å². The summed E-state index contributed by atoms with van der Waals surface area (Å²) in [7, 11) is 4.71. The third-order valence-corrected chi connectivity index (χ3v) is 4.01. The molecule has 0 radical (unpaired) electrons. The summed E-state index contributed by atoms with van der Waals surface area (Å²) >= 11 is 0. The molecule has 25 heavy (non-hydrogen) atoms. The van der Waals surface area contributed by atoms with Crippen molar-refractivity contribution < 1.29 is 19.4 Å². The Morgan fingerprint density at radius 3 is 2.44 bits per heavy atom. The number of nitrogens with zero attached hydrogens (tertiary/aromatic N) is 2. The highest BCUT2D eigenvalue weighted by Gasteiger charge is 2.19. The zero-order chi connectivity index (χ0) is 18.0. The van der Waals surface area contributed by atoms with Crippen LogP contribution in [0.2, 0.25) is 0 Å². The lowest BCUT2D eigenvalue weighted by Crippen LogP contribution is -1.97. The lowest BCUT2D eigenvalue weighted by molar-refractivity contribution is 0.319. The van der Waals surface area contributed by atoms with E-state index in [1.165, 1.54) is 0 Å². The van der Waals surface area contributed by atoms with E-state index in [0.717, 1.165) is 22.2 Å². The lowest BCUT2D eigenvalue weighted by atomic mass is 10.1. The molecular formula is C18H19N3O4. The summed E-state index contributed by atoms with van der Waals surface area (Å²) in [4.78, 5) is 7.89. The molecule has 0 amide bonds. The Bertz CT molecular complexity index is 947. The van der Waals surface area contributed by atoms with Gasteiger partial charge in [-0.3, -0.25) is 0 Å². The number of aromatic nitrogens is 2. The number of imidazole rings is 1. The van der Waals surface area contributed by atoms with Gasteiger partial charge in [0, 0.05) is 5.56 Å². The predicted molar refractivity (Wildman–Crippen MR) is 95.2 cm³/mol. The third kappa shape index (κ3) is 2.84. The van der Waals surface area contributed by atoms with Crippen LogP contribution in [-0.4, -0.2) is 42.2 Å². The standard InChI is InChI=1S/C18H19N3O4/c1-10(21-22)11-5-7-13-14(9-11)20-18(19-13)12-6-8-15(23-2)17(25-4)16(12)24-3/h5-9,22H,1-4H3,(H,19,20)/b21-10+. The molecule has 1 aromatic heterocycles. The molecule has 0 saturated carbocycles. The molecule has 0 fully saturated rings. The first-order valence-electron chi connectivity index (χ1n) is 7.61. The van der Waals surface area contributed by atoms with E-state index in [0.29, 0.717) is 28.8 Å². The van der Waals surface area contributed by atoms with Gasteiger partial charge in [-0.1, -0.05) is 11.2 Å². The van der Waals surface area contributed by atoms with Gasteiger partial charge in [-0.25, -0.2) is 4.98 Å². The highest BCUT2D eigenvalue weighted by Crippen LogP contribution is 2.43. The summed E-state index contributed by atoms with van der Waals surface area (Å²) in [6.45, 7) is 1.73. The summed E-state index contributed by atoms with van der Waals surface area (Å²) < 4.78 is 16.3. The summed E-state index contributed by atoms with van der Waals surface area (Å²) in [5.41, 5.74) is 3.71. The second-order valence-electron chi connectivity index (χ2n) is 5.38. The van der Waals surface area contributed by atoms with Crippen LogP contribution in [0.5, 0.6) is 17.2 Å². The number of hydrogen-bond donors (Lipinski definition) is 2. The highest BCUT2D eigenvalue weighted by molar-refractivity contribution is 6.01. The Labute approximate surface area is 144 Å². The van der Waals surface area contributed by atoms with Crippen molar-refractivity contribution >= 4 is 16.7 Å². The minimum atomic E-state index is 0.506.